The van der Waals surface area contributed by atoms with Crippen molar-refractivity contribution in [2.24, 2.45) is 0 Å². The molecule has 11 aromatic rings. The van der Waals surface area contributed by atoms with Crippen LogP contribution in [0.25, 0.3) is 93.2 Å². The van der Waals surface area contributed by atoms with Gasteiger partial charge in [-0.1, -0.05) is 125 Å². The number of aromatic nitrogens is 4. The van der Waals surface area contributed by atoms with E-state index >= 15 is 0 Å². The number of pyridine rings is 2. The summed E-state index contributed by atoms with van der Waals surface area (Å²) in [6, 6.07) is 65.7. The normalized spacial score (nSPS) is 13.1. The minimum absolute atomic E-state index is 0. The first-order chi connectivity index (χ1) is 33.6. The number of benzene rings is 7. The first-order valence-corrected chi connectivity index (χ1v) is 29.3. The summed E-state index contributed by atoms with van der Waals surface area (Å²) in [5.74, 6) is 7.90. The third-order valence-electron chi connectivity index (χ3n) is 11.4. The molecule has 0 fully saturated rings. The van der Waals surface area contributed by atoms with Gasteiger partial charge >= 0.3 is 99.8 Å². The molecule has 0 saturated carbocycles. The van der Waals surface area contributed by atoms with Crippen LogP contribution in [0, 0.1) is 25.8 Å². The maximum Gasteiger partial charge on any atom is 0 e. The molecule has 4 aromatic heterocycles. The molecule has 11 rings (SSSR count). The Morgan fingerprint density at radius 3 is 2.03 bits per heavy atom. The van der Waals surface area contributed by atoms with Gasteiger partial charge in [0.1, 0.15) is 0 Å². The quantitative estimate of drug-likeness (QED) is 0.118. The summed E-state index contributed by atoms with van der Waals surface area (Å²) >= 11 is -0.0910. The van der Waals surface area contributed by atoms with Gasteiger partial charge in [-0.25, -0.2) is 4.98 Å². The summed E-state index contributed by atoms with van der Waals surface area (Å²) in [5, 5.41) is 1.91. The number of aryl methyl sites for hydroxylation is 2. The van der Waals surface area contributed by atoms with Gasteiger partial charge in [-0.15, -0.1) is 18.2 Å². The van der Waals surface area contributed by atoms with E-state index in [1.165, 1.54) is 4.40 Å². The number of nitrogens with zero attached hydrogens (tertiary/aromatic N) is 4. The average Bonchev–Trinajstić information content (AvgIpc) is 3.95. The second-order valence-corrected chi connectivity index (χ2v) is 28.4. The van der Waals surface area contributed by atoms with Crippen LogP contribution in [0.4, 0.5) is 0 Å². The Kier molecular flexibility index (Phi) is 10.6. The van der Waals surface area contributed by atoms with E-state index in [1.54, 1.807) is 47.7 Å². The summed E-state index contributed by atoms with van der Waals surface area (Å²) in [5.41, 5.74) is 11.4. The summed E-state index contributed by atoms with van der Waals surface area (Å²) in [4.78, 5) is 14.9. The minimum atomic E-state index is -2.24. The molecule has 0 aliphatic heterocycles. The van der Waals surface area contributed by atoms with Crippen molar-refractivity contribution < 1.29 is 28.3 Å². The summed E-state index contributed by atoms with van der Waals surface area (Å²) in [6.07, 6.45) is 2.04. The number of imidazole rings is 1. The van der Waals surface area contributed by atoms with Gasteiger partial charge < -0.3 is 4.57 Å². The van der Waals surface area contributed by atoms with Crippen molar-refractivity contribution in [3.63, 3.8) is 0 Å². The van der Waals surface area contributed by atoms with Gasteiger partial charge in [0.05, 0.1) is 28.2 Å². The van der Waals surface area contributed by atoms with Crippen LogP contribution in [-0.2, 0) is 20.1 Å². The SMILES string of the molecule is [2H]C([2H])([2H])c1ccc(-c2cc3sc4c(-c5nc6ccccc6n5-c5cccc(-c6ccccc6)c5)[c-]ccc4c3c(-c3ccc(C([2H])([2H])[2H])cc3)n2)cc1.[CH3][Ge]([CH3])([CH3])[c]1ccc(-c2[c-]cccc2)nc1.[Ir]. The monoisotopic (exact) mass is 1100 g/mol. The van der Waals surface area contributed by atoms with E-state index in [4.69, 9.17) is 18.2 Å². The molecule has 319 valence electrons. The number of fused-ring (bicyclic) bond motifs is 4. The van der Waals surface area contributed by atoms with E-state index in [9.17, 15) is 0 Å². The van der Waals surface area contributed by atoms with Crippen LogP contribution in [-0.4, -0.2) is 32.8 Å². The molecule has 0 unspecified atom stereocenters. The maximum atomic E-state index is 7.92. The fourth-order valence-corrected chi connectivity index (χ4v) is 11.4. The van der Waals surface area contributed by atoms with E-state index in [0.29, 0.717) is 11.4 Å². The molecule has 0 N–H and O–H groups in total. The number of para-hydroxylation sites is 2. The second kappa shape index (κ2) is 18.7. The molecule has 0 bridgehead atoms. The predicted molar refractivity (Wildman–Crippen MR) is 273 cm³/mol. The predicted octanol–water partition coefficient (Wildman–Crippen LogP) is 15.0. The summed E-state index contributed by atoms with van der Waals surface area (Å²) in [7, 11) is 0. The molecular formula is C58H46GeIrN4S-2. The van der Waals surface area contributed by atoms with Crippen LogP contribution < -0.4 is 4.40 Å². The third kappa shape index (κ3) is 9.05. The van der Waals surface area contributed by atoms with E-state index in [2.05, 4.69) is 93.5 Å². The third-order valence-corrected chi connectivity index (χ3v) is 16.8. The number of thiophene rings is 1. The molecule has 7 heteroatoms. The van der Waals surface area contributed by atoms with Gasteiger partial charge in [-0.3, -0.25) is 4.98 Å². The summed E-state index contributed by atoms with van der Waals surface area (Å²) < 4.78 is 52.9. The number of hydrogen-bond acceptors (Lipinski definition) is 4. The molecule has 7 aromatic carbocycles. The fourth-order valence-electron chi connectivity index (χ4n) is 8.01. The minimum Gasteiger partial charge on any atom is 0 e. The van der Waals surface area contributed by atoms with Crippen LogP contribution in [0.3, 0.4) is 0 Å². The molecule has 4 nitrogen and oxygen atoms in total. The standard InChI is InChI=1S/C44H30N3S.C14H16GeN.Ir/c1-28-18-22-31(23-19-28)38-27-40-41(42(45-38)32-24-20-29(2)21-25-32)35-14-9-15-36(43(35)48-40)44-46-37-16-6-7-17-39(37)47(44)34-13-8-12-33(26-34)30-10-4-3-5-11-30;1-15(2,3)13-9-10-14(16-11-13)12-7-5-4-6-8-12;/h3-14,16-27H,1-2H3;4-7,9-11H,1-3H3;/q2*-1;/i1D3,2D3;;. The van der Waals surface area contributed by atoms with E-state index < -0.39 is 27.0 Å². The van der Waals surface area contributed by atoms with Crippen molar-refractivity contribution in [1.29, 1.82) is 0 Å². The smallest absolute Gasteiger partial charge is 0 e. The molecule has 0 amide bonds. The average molecular weight is 1100 g/mol. The van der Waals surface area contributed by atoms with Crippen LogP contribution in [0.15, 0.2) is 188 Å². The van der Waals surface area contributed by atoms with Crippen molar-refractivity contribution in [2.75, 3.05) is 0 Å². The maximum absolute atomic E-state index is 7.92. The van der Waals surface area contributed by atoms with Crippen molar-refractivity contribution in [1.82, 2.24) is 19.5 Å². The van der Waals surface area contributed by atoms with Crippen molar-refractivity contribution >= 4 is 60.2 Å². The van der Waals surface area contributed by atoms with Crippen LogP contribution in [0.1, 0.15) is 19.4 Å². The molecule has 0 saturated heterocycles. The van der Waals surface area contributed by atoms with Crippen molar-refractivity contribution in [3.05, 3.63) is 211 Å². The molecule has 0 aliphatic carbocycles. The van der Waals surface area contributed by atoms with Crippen LogP contribution in [0.2, 0.25) is 17.3 Å². The van der Waals surface area contributed by atoms with Gasteiger partial charge in [0, 0.05) is 55.2 Å². The summed E-state index contributed by atoms with van der Waals surface area (Å²) in [6.45, 7) is -4.46. The number of hydrogen-bond donors (Lipinski definition) is 0. The first kappa shape index (κ1) is 37.0. The second-order valence-electron chi connectivity index (χ2n) is 16.7. The Labute approximate surface area is 409 Å². The molecule has 0 spiro atoms. The molecular weight excluding hydrogens is 1050 g/mol. The van der Waals surface area contributed by atoms with Crippen molar-refractivity contribution in [3.8, 4) is 62.0 Å². The Bertz CT molecular complexity index is 3640. The molecule has 4 heterocycles. The van der Waals surface area contributed by atoms with Crippen LogP contribution in [0.5, 0.6) is 0 Å². The Balaban J connectivity index is 0.000000313. The molecule has 65 heavy (non-hydrogen) atoms. The zero-order valence-corrected chi connectivity index (χ0v) is 41.2. The first-order valence-electron chi connectivity index (χ1n) is 24.2. The van der Waals surface area contributed by atoms with E-state index in [-0.39, 0.29) is 31.2 Å². The van der Waals surface area contributed by atoms with Gasteiger partial charge in [0.2, 0.25) is 0 Å². The molecule has 0 aliphatic rings. The van der Waals surface area contributed by atoms with Gasteiger partial charge in [-0.2, -0.15) is 11.3 Å². The Morgan fingerprint density at radius 2 is 1.32 bits per heavy atom. The van der Waals surface area contributed by atoms with Crippen molar-refractivity contribution in [2.45, 2.75) is 31.0 Å². The van der Waals surface area contributed by atoms with Gasteiger partial charge in [-0.05, 0) is 59.9 Å². The van der Waals surface area contributed by atoms with E-state index in [0.717, 1.165) is 81.8 Å². The van der Waals surface area contributed by atoms with Gasteiger partial charge in [0.15, 0.2) is 0 Å². The molecule has 1 radical (unpaired) electrons. The molecule has 0 atom stereocenters. The number of rotatable bonds is 7. The zero-order valence-electron chi connectivity index (χ0n) is 41.9. The fraction of sp³-hybridized carbons (Fsp3) is 0.0862. The zero-order chi connectivity index (χ0) is 48.8. The van der Waals surface area contributed by atoms with E-state index in [1.807, 2.05) is 97.2 Å². The van der Waals surface area contributed by atoms with Crippen LogP contribution >= 0.6 is 11.3 Å². The Morgan fingerprint density at radius 1 is 0.600 bits per heavy atom. The largest absolute Gasteiger partial charge is 0 e. The topological polar surface area (TPSA) is 43.6 Å². The Hall–Kier alpha value is -6.28. The van der Waals surface area contributed by atoms with Gasteiger partial charge in [0.25, 0.3) is 0 Å².